The molecule has 0 atom stereocenters. The van der Waals surface area contributed by atoms with Crippen molar-refractivity contribution < 1.29 is 9.50 Å². The smallest absolute Gasteiger partial charge is 0.124 e. The molecule has 0 aliphatic heterocycles. The number of hydrogen-bond acceptors (Lipinski definition) is 2. The summed E-state index contributed by atoms with van der Waals surface area (Å²) in [6, 6.07) is 5.33. The van der Waals surface area contributed by atoms with Gasteiger partial charge in [-0.2, -0.15) is 0 Å². The summed E-state index contributed by atoms with van der Waals surface area (Å²) in [5.74, 6) is 5.09. The van der Waals surface area contributed by atoms with Crippen molar-refractivity contribution in [2.45, 2.75) is 25.4 Å². The van der Waals surface area contributed by atoms with Gasteiger partial charge in [-0.25, -0.2) is 4.39 Å². The third-order valence-electron chi connectivity index (χ3n) is 2.96. The van der Waals surface area contributed by atoms with E-state index in [1.54, 1.807) is 6.07 Å². The van der Waals surface area contributed by atoms with Crippen molar-refractivity contribution in [1.82, 2.24) is 4.90 Å². The summed E-state index contributed by atoms with van der Waals surface area (Å²) in [7, 11) is 2.07. The number of halogens is 1. The number of aliphatic hydroxyl groups excluding tert-OH is 1. The molecule has 0 radical (unpaired) electrons. The maximum Gasteiger partial charge on any atom is 0.124 e. The van der Waals surface area contributed by atoms with E-state index in [2.05, 4.69) is 23.8 Å². The zero-order chi connectivity index (χ0) is 12.3. The minimum Gasteiger partial charge on any atom is -0.384 e. The summed E-state index contributed by atoms with van der Waals surface area (Å²) in [6.07, 6.45) is 2.49. The highest BCUT2D eigenvalue weighted by Gasteiger charge is 2.26. The van der Waals surface area contributed by atoms with Crippen LogP contribution in [0.2, 0.25) is 0 Å². The van der Waals surface area contributed by atoms with E-state index in [0.717, 1.165) is 12.1 Å². The molecule has 2 rings (SSSR count). The molecular formula is C14H16FNO. The molecule has 0 saturated heterocycles. The first-order valence-electron chi connectivity index (χ1n) is 5.79. The molecule has 1 saturated carbocycles. The first-order valence-corrected chi connectivity index (χ1v) is 5.79. The lowest BCUT2D eigenvalue weighted by atomic mass is 10.1. The van der Waals surface area contributed by atoms with Crippen LogP contribution in [0.3, 0.4) is 0 Å². The molecule has 90 valence electrons. The molecule has 1 N–H and O–H groups in total. The SMILES string of the molecule is CN(Cc1ccc(F)cc1C#CCO)C1CC1. The molecule has 0 amide bonds. The Kier molecular flexibility index (Phi) is 3.78. The molecular weight excluding hydrogens is 217 g/mol. The topological polar surface area (TPSA) is 23.5 Å². The standard InChI is InChI=1S/C14H16FNO/c1-16(14-6-7-14)10-12-4-5-13(15)9-11(12)3-2-8-17/h4-5,9,14,17H,6-8,10H2,1H3. The average molecular weight is 233 g/mol. The van der Waals surface area contributed by atoms with E-state index in [9.17, 15) is 4.39 Å². The van der Waals surface area contributed by atoms with Crippen molar-refractivity contribution >= 4 is 0 Å². The predicted molar refractivity (Wildman–Crippen MR) is 64.9 cm³/mol. The first-order chi connectivity index (χ1) is 8.20. The van der Waals surface area contributed by atoms with E-state index in [1.165, 1.54) is 25.0 Å². The Labute approximate surface area is 101 Å². The molecule has 17 heavy (non-hydrogen) atoms. The van der Waals surface area contributed by atoms with Crippen LogP contribution in [0.1, 0.15) is 24.0 Å². The van der Waals surface area contributed by atoms with Gasteiger partial charge in [-0.1, -0.05) is 17.9 Å². The van der Waals surface area contributed by atoms with Gasteiger partial charge in [0.1, 0.15) is 12.4 Å². The van der Waals surface area contributed by atoms with Gasteiger partial charge in [-0.05, 0) is 37.6 Å². The van der Waals surface area contributed by atoms with Crippen molar-refractivity contribution in [2.24, 2.45) is 0 Å². The van der Waals surface area contributed by atoms with Crippen molar-refractivity contribution in [2.75, 3.05) is 13.7 Å². The molecule has 0 unspecified atom stereocenters. The fourth-order valence-corrected chi connectivity index (χ4v) is 1.85. The molecule has 1 fully saturated rings. The second-order valence-electron chi connectivity index (χ2n) is 4.41. The summed E-state index contributed by atoms with van der Waals surface area (Å²) in [5, 5.41) is 8.69. The van der Waals surface area contributed by atoms with Crippen molar-refractivity contribution in [3.05, 3.63) is 35.1 Å². The lowest BCUT2D eigenvalue weighted by molar-refractivity contribution is 0.316. The normalized spacial score (nSPS) is 14.6. The molecule has 0 bridgehead atoms. The van der Waals surface area contributed by atoms with Gasteiger partial charge in [-0.15, -0.1) is 0 Å². The van der Waals surface area contributed by atoms with Gasteiger partial charge in [0.15, 0.2) is 0 Å². The zero-order valence-electron chi connectivity index (χ0n) is 9.91. The summed E-state index contributed by atoms with van der Waals surface area (Å²) in [4.78, 5) is 2.26. The van der Waals surface area contributed by atoms with Gasteiger partial charge in [0.2, 0.25) is 0 Å². The highest BCUT2D eigenvalue weighted by molar-refractivity contribution is 5.41. The van der Waals surface area contributed by atoms with Gasteiger partial charge in [-0.3, -0.25) is 4.90 Å². The second-order valence-corrected chi connectivity index (χ2v) is 4.41. The van der Waals surface area contributed by atoms with Crippen LogP contribution >= 0.6 is 0 Å². The fourth-order valence-electron chi connectivity index (χ4n) is 1.85. The zero-order valence-corrected chi connectivity index (χ0v) is 9.91. The van der Waals surface area contributed by atoms with E-state index in [4.69, 9.17) is 5.11 Å². The number of nitrogens with zero attached hydrogens (tertiary/aromatic N) is 1. The summed E-state index contributed by atoms with van der Waals surface area (Å²) < 4.78 is 13.1. The van der Waals surface area contributed by atoms with E-state index < -0.39 is 0 Å². The van der Waals surface area contributed by atoms with Gasteiger partial charge in [0, 0.05) is 18.2 Å². The lowest BCUT2D eigenvalue weighted by Gasteiger charge is -2.16. The number of benzene rings is 1. The average Bonchev–Trinajstić information content (AvgIpc) is 3.13. The van der Waals surface area contributed by atoms with Crippen molar-refractivity contribution in [3.63, 3.8) is 0 Å². The Balaban J connectivity index is 2.18. The quantitative estimate of drug-likeness (QED) is 0.804. The lowest BCUT2D eigenvalue weighted by Crippen LogP contribution is -2.20. The van der Waals surface area contributed by atoms with Gasteiger partial charge >= 0.3 is 0 Å². The molecule has 0 spiro atoms. The van der Waals surface area contributed by atoms with E-state index in [0.29, 0.717) is 11.6 Å². The Morgan fingerprint density at radius 2 is 2.24 bits per heavy atom. The van der Waals surface area contributed by atoms with E-state index in [1.807, 2.05) is 0 Å². The van der Waals surface area contributed by atoms with Gasteiger partial charge < -0.3 is 5.11 Å². The minimum atomic E-state index is -0.287. The van der Waals surface area contributed by atoms with Crippen molar-refractivity contribution in [3.8, 4) is 11.8 Å². The van der Waals surface area contributed by atoms with Crippen molar-refractivity contribution in [1.29, 1.82) is 0 Å². The maximum atomic E-state index is 13.1. The van der Waals surface area contributed by atoms with Crippen LogP contribution < -0.4 is 0 Å². The highest BCUT2D eigenvalue weighted by Crippen LogP contribution is 2.27. The number of aliphatic hydroxyl groups is 1. The van der Waals surface area contributed by atoms with E-state index in [-0.39, 0.29) is 12.4 Å². The third kappa shape index (κ3) is 3.29. The molecule has 1 aromatic carbocycles. The molecule has 1 aliphatic carbocycles. The second kappa shape index (κ2) is 5.31. The Morgan fingerprint density at radius 3 is 2.88 bits per heavy atom. The molecule has 3 heteroatoms. The van der Waals surface area contributed by atoms with Gasteiger partial charge in [0.05, 0.1) is 0 Å². The first kappa shape index (κ1) is 12.1. The fraction of sp³-hybridized carbons (Fsp3) is 0.429. The highest BCUT2D eigenvalue weighted by atomic mass is 19.1. The van der Waals surface area contributed by atoms with Crippen LogP contribution in [0.4, 0.5) is 4.39 Å². The monoisotopic (exact) mass is 233 g/mol. The Hall–Kier alpha value is -1.37. The van der Waals surface area contributed by atoms with Crippen LogP contribution in [0.5, 0.6) is 0 Å². The molecule has 2 nitrogen and oxygen atoms in total. The molecule has 0 heterocycles. The Bertz CT molecular complexity index is 457. The summed E-state index contributed by atoms with van der Waals surface area (Å²) >= 11 is 0. The van der Waals surface area contributed by atoms with Crippen LogP contribution in [0.15, 0.2) is 18.2 Å². The van der Waals surface area contributed by atoms with E-state index >= 15 is 0 Å². The predicted octanol–water partition coefficient (Wildman–Crippen LogP) is 1.76. The van der Waals surface area contributed by atoms with Crippen LogP contribution in [0, 0.1) is 17.7 Å². The molecule has 1 aromatic rings. The van der Waals surface area contributed by atoms with Crippen LogP contribution in [-0.2, 0) is 6.54 Å². The maximum absolute atomic E-state index is 13.1. The number of rotatable bonds is 3. The molecule has 1 aliphatic rings. The summed E-state index contributed by atoms with van der Waals surface area (Å²) in [6.45, 7) is 0.578. The third-order valence-corrected chi connectivity index (χ3v) is 2.96. The summed E-state index contributed by atoms with van der Waals surface area (Å²) in [5.41, 5.74) is 1.69. The van der Waals surface area contributed by atoms with Gasteiger partial charge in [0.25, 0.3) is 0 Å². The molecule has 0 aromatic heterocycles. The largest absolute Gasteiger partial charge is 0.384 e. The van der Waals surface area contributed by atoms with Crippen LogP contribution in [-0.4, -0.2) is 29.7 Å². The Morgan fingerprint density at radius 1 is 1.47 bits per heavy atom. The van der Waals surface area contributed by atoms with Crippen LogP contribution in [0.25, 0.3) is 0 Å². The minimum absolute atomic E-state index is 0.200. The number of hydrogen-bond donors (Lipinski definition) is 1.